The van der Waals surface area contributed by atoms with Gasteiger partial charge in [-0.15, -0.1) is 24.0 Å². The van der Waals surface area contributed by atoms with Gasteiger partial charge in [0.05, 0.1) is 17.0 Å². The number of benzene rings is 1. The van der Waals surface area contributed by atoms with Crippen molar-refractivity contribution in [1.82, 2.24) is 4.90 Å². The van der Waals surface area contributed by atoms with Crippen LogP contribution in [0.25, 0.3) is 0 Å². The molecule has 6 nitrogen and oxygen atoms in total. The minimum atomic E-state index is -0.390. The predicted octanol–water partition coefficient (Wildman–Crippen LogP) is 2.08. The van der Waals surface area contributed by atoms with Gasteiger partial charge in [0.1, 0.15) is 0 Å². The second-order valence-corrected chi connectivity index (χ2v) is 5.38. The fourth-order valence-electron chi connectivity index (χ4n) is 1.88. The van der Waals surface area contributed by atoms with Crippen molar-refractivity contribution in [2.75, 3.05) is 24.6 Å². The third kappa shape index (κ3) is 4.51. The Morgan fingerprint density at radius 3 is 2.70 bits per heavy atom. The molecule has 0 aliphatic carbocycles. The van der Waals surface area contributed by atoms with Crippen LogP contribution in [0.1, 0.15) is 5.56 Å². The molecule has 1 aliphatic rings. The molecule has 110 valence electrons. The van der Waals surface area contributed by atoms with Crippen molar-refractivity contribution in [1.29, 1.82) is 0 Å². The summed E-state index contributed by atoms with van der Waals surface area (Å²) in [6.45, 7) is 2.01. The number of nitro groups is 1. The van der Waals surface area contributed by atoms with Crippen LogP contribution in [0.2, 0.25) is 0 Å². The first kappa shape index (κ1) is 17.0. The number of thioether (sulfide) groups is 1. The van der Waals surface area contributed by atoms with Gasteiger partial charge in [-0.1, -0.05) is 18.2 Å². The van der Waals surface area contributed by atoms with Crippen molar-refractivity contribution in [3.05, 3.63) is 39.9 Å². The Hall–Kier alpha value is -1.03. The molecule has 0 atom stereocenters. The van der Waals surface area contributed by atoms with E-state index >= 15 is 0 Å². The summed E-state index contributed by atoms with van der Waals surface area (Å²) in [5.74, 6) is 2.56. The maximum Gasteiger partial charge on any atom is 0.274 e. The second kappa shape index (κ2) is 8.30. The van der Waals surface area contributed by atoms with E-state index in [4.69, 9.17) is 5.73 Å². The molecule has 0 unspecified atom stereocenters. The van der Waals surface area contributed by atoms with Crippen LogP contribution < -0.4 is 5.73 Å². The molecular formula is C12H17IN4O2S. The van der Waals surface area contributed by atoms with E-state index in [0.717, 1.165) is 24.6 Å². The van der Waals surface area contributed by atoms with E-state index in [2.05, 4.69) is 4.99 Å². The highest BCUT2D eigenvalue weighted by atomic mass is 127. The first-order valence-electron chi connectivity index (χ1n) is 6.03. The van der Waals surface area contributed by atoms with E-state index in [1.54, 1.807) is 18.2 Å². The summed E-state index contributed by atoms with van der Waals surface area (Å²) in [6, 6.07) is 6.61. The summed E-state index contributed by atoms with van der Waals surface area (Å²) in [7, 11) is 0. The number of guanidine groups is 1. The zero-order chi connectivity index (χ0) is 13.7. The highest BCUT2D eigenvalue weighted by Crippen LogP contribution is 2.18. The third-order valence-corrected chi connectivity index (χ3v) is 3.88. The second-order valence-electron chi connectivity index (χ2n) is 4.16. The van der Waals surface area contributed by atoms with Crippen LogP contribution in [0.15, 0.2) is 29.3 Å². The van der Waals surface area contributed by atoms with Crippen LogP contribution in [-0.2, 0) is 6.54 Å². The molecule has 1 aromatic carbocycles. The molecule has 0 amide bonds. The summed E-state index contributed by atoms with van der Waals surface area (Å²) in [5, 5.41) is 10.9. The first-order chi connectivity index (χ1) is 9.18. The highest BCUT2D eigenvalue weighted by Gasteiger charge is 2.14. The van der Waals surface area contributed by atoms with E-state index in [1.165, 1.54) is 6.07 Å². The Kier molecular flexibility index (Phi) is 7.06. The molecule has 0 aromatic heterocycles. The standard InChI is InChI=1S/C12H16N4O2S.HI/c13-12(15-5-7-19-8-6-15)14-9-10-3-1-2-4-11(10)16(17)18;/h1-4H,5-9H2,(H2,13,14);1H. The number of para-hydroxylation sites is 1. The number of hydrogen-bond donors (Lipinski definition) is 1. The van der Waals surface area contributed by atoms with Crippen molar-refractivity contribution in [2.45, 2.75) is 6.54 Å². The SMILES string of the molecule is I.NC(=NCc1ccccc1[N+](=O)[O-])N1CCSCC1. The lowest BCUT2D eigenvalue weighted by atomic mass is 10.2. The topological polar surface area (TPSA) is 84.8 Å². The molecule has 0 saturated carbocycles. The fourth-order valence-corrected chi connectivity index (χ4v) is 2.78. The molecule has 2 N–H and O–H groups in total. The van der Waals surface area contributed by atoms with Gasteiger partial charge < -0.3 is 10.6 Å². The maximum absolute atomic E-state index is 10.9. The predicted molar refractivity (Wildman–Crippen MR) is 92.7 cm³/mol. The minimum absolute atomic E-state index is 0. The van der Waals surface area contributed by atoms with Gasteiger partial charge in [0.2, 0.25) is 0 Å². The van der Waals surface area contributed by atoms with Gasteiger partial charge in [-0.2, -0.15) is 11.8 Å². The van der Waals surface area contributed by atoms with Crippen LogP contribution in [0, 0.1) is 10.1 Å². The molecule has 0 bridgehead atoms. The molecule has 0 spiro atoms. The van der Waals surface area contributed by atoms with Crippen LogP contribution in [-0.4, -0.2) is 40.4 Å². The average molecular weight is 408 g/mol. The monoisotopic (exact) mass is 408 g/mol. The zero-order valence-corrected chi connectivity index (χ0v) is 14.0. The molecule has 1 aromatic rings. The molecule has 1 heterocycles. The number of nitrogens with two attached hydrogens (primary N) is 1. The molecule has 2 rings (SSSR count). The molecule has 1 fully saturated rings. The Labute approximate surface area is 139 Å². The van der Waals surface area contributed by atoms with Crippen molar-refractivity contribution < 1.29 is 4.92 Å². The van der Waals surface area contributed by atoms with Gasteiger partial charge in [0.15, 0.2) is 5.96 Å². The Bertz CT molecular complexity index is 492. The number of nitro benzene ring substituents is 1. The van der Waals surface area contributed by atoms with Gasteiger partial charge in [-0.25, -0.2) is 4.99 Å². The summed E-state index contributed by atoms with van der Waals surface area (Å²) < 4.78 is 0. The van der Waals surface area contributed by atoms with Crippen LogP contribution >= 0.6 is 35.7 Å². The lowest BCUT2D eigenvalue weighted by Gasteiger charge is -2.27. The molecule has 1 saturated heterocycles. The number of rotatable bonds is 3. The van der Waals surface area contributed by atoms with Crippen molar-refractivity contribution in [3.8, 4) is 0 Å². The Morgan fingerprint density at radius 1 is 1.40 bits per heavy atom. The zero-order valence-electron chi connectivity index (χ0n) is 10.9. The lowest BCUT2D eigenvalue weighted by Crippen LogP contribution is -2.42. The first-order valence-corrected chi connectivity index (χ1v) is 7.19. The molecule has 0 radical (unpaired) electrons. The maximum atomic E-state index is 10.9. The molecular weight excluding hydrogens is 391 g/mol. The van der Waals surface area contributed by atoms with E-state index < -0.39 is 4.92 Å². The molecule has 1 aliphatic heterocycles. The minimum Gasteiger partial charge on any atom is -0.370 e. The summed E-state index contributed by atoms with van der Waals surface area (Å²) >= 11 is 1.90. The van der Waals surface area contributed by atoms with Crippen molar-refractivity contribution in [2.24, 2.45) is 10.7 Å². The van der Waals surface area contributed by atoms with Crippen molar-refractivity contribution in [3.63, 3.8) is 0 Å². The number of hydrogen-bond acceptors (Lipinski definition) is 4. The number of halogens is 1. The van der Waals surface area contributed by atoms with E-state index in [9.17, 15) is 10.1 Å². The van der Waals surface area contributed by atoms with Crippen molar-refractivity contribution >= 4 is 47.4 Å². The van der Waals surface area contributed by atoms with Gasteiger partial charge in [0, 0.05) is 30.7 Å². The normalized spacial score (nSPS) is 15.6. The van der Waals surface area contributed by atoms with Gasteiger partial charge in [-0.05, 0) is 0 Å². The summed E-state index contributed by atoms with van der Waals surface area (Å²) in [4.78, 5) is 16.8. The van der Waals surface area contributed by atoms with Crippen LogP contribution in [0.3, 0.4) is 0 Å². The Morgan fingerprint density at radius 2 is 2.05 bits per heavy atom. The van der Waals surface area contributed by atoms with E-state index in [1.807, 2.05) is 16.7 Å². The van der Waals surface area contributed by atoms with E-state index in [-0.39, 0.29) is 36.2 Å². The third-order valence-electron chi connectivity index (χ3n) is 2.93. The Balaban J connectivity index is 0.00000200. The molecule has 8 heteroatoms. The fraction of sp³-hybridized carbons (Fsp3) is 0.417. The van der Waals surface area contributed by atoms with E-state index in [0.29, 0.717) is 11.5 Å². The van der Waals surface area contributed by atoms with Gasteiger partial charge in [0.25, 0.3) is 5.69 Å². The molecule has 20 heavy (non-hydrogen) atoms. The largest absolute Gasteiger partial charge is 0.370 e. The average Bonchev–Trinajstić information content (AvgIpc) is 2.46. The highest BCUT2D eigenvalue weighted by molar-refractivity contribution is 14.0. The lowest BCUT2D eigenvalue weighted by molar-refractivity contribution is -0.385. The summed E-state index contributed by atoms with van der Waals surface area (Å²) in [6.07, 6.45) is 0. The van der Waals surface area contributed by atoms with Gasteiger partial charge >= 0.3 is 0 Å². The number of nitrogens with zero attached hydrogens (tertiary/aromatic N) is 3. The van der Waals surface area contributed by atoms with Crippen LogP contribution in [0.5, 0.6) is 0 Å². The number of aliphatic imine (C=N–C) groups is 1. The van der Waals surface area contributed by atoms with Gasteiger partial charge in [-0.3, -0.25) is 10.1 Å². The summed E-state index contributed by atoms with van der Waals surface area (Å²) in [5.41, 5.74) is 6.60. The quantitative estimate of drug-likeness (QED) is 0.272. The smallest absolute Gasteiger partial charge is 0.274 e. The van der Waals surface area contributed by atoms with Crippen LogP contribution in [0.4, 0.5) is 5.69 Å².